The lowest BCUT2D eigenvalue weighted by molar-refractivity contribution is -0.144. The summed E-state index contributed by atoms with van der Waals surface area (Å²) >= 11 is 0. The van der Waals surface area contributed by atoms with Crippen molar-refractivity contribution in [3.63, 3.8) is 0 Å². The van der Waals surface area contributed by atoms with E-state index in [-0.39, 0.29) is 24.9 Å². The number of hydrogen-bond acceptors (Lipinski definition) is 5. The topological polar surface area (TPSA) is 65.2 Å². The standard InChI is InChI=1S/C24H20N2O3/c1-17-6-5-9-21(14-17)24-26-25-22(29-24)16-28-23(27)15-18-10-12-20(13-11-18)19-7-3-2-4-8-19/h2-14H,15-16H2,1H3. The summed E-state index contributed by atoms with van der Waals surface area (Å²) in [6.07, 6.45) is 0.188. The van der Waals surface area contributed by atoms with E-state index in [0.717, 1.165) is 27.8 Å². The number of benzene rings is 3. The molecule has 0 amide bonds. The molecule has 0 radical (unpaired) electrons. The first-order valence-corrected chi connectivity index (χ1v) is 9.37. The first kappa shape index (κ1) is 18.6. The van der Waals surface area contributed by atoms with Crippen LogP contribution in [0.1, 0.15) is 17.0 Å². The van der Waals surface area contributed by atoms with Crippen LogP contribution in [0.15, 0.2) is 83.3 Å². The van der Waals surface area contributed by atoms with Gasteiger partial charge in [0.25, 0.3) is 5.89 Å². The molecule has 0 aliphatic heterocycles. The third-order valence-corrected chi connectivity index (χ3v) is 4.50. The number of aryl methyl sites for hydroxylation is 1. The largest absolute Gasteiger partial charge is 0.455 e. The number of nitrogens with zero attached hydrogens (tertiary/aromatic N) is 2. The Morgan fingerprint density at radius 2 is 1.59 bits per heavy atom. The summed E-state index contributed by atoms with van der Waals surface area (Å²) in [5, 5.41) is 7.97. The summed E-state index contributed by atoms with van der Waals surface area (Å²) in [6, 6.07) is 25.8. The Labute approximate surface area is 169 Å². The fourth-order valence-electron chi connectivity index (χ4n) is 3.01. The van der Waals surface area contributed by atoms with Gasteiger partial charge in [-0.05, 0) is 35.7 Å². The van der Waals surface area contributed by atoms with Crippen LogP contribution in [-0.4, -0.2) is 16.2 Å². The highest BCUT2D eigenvalue weighted by Gasteiger charge is 2.12. The van der Waals surface area contributed by atoms with E-state index in [1.54, 1.807) is 0 Å². The number of hydrogen-bond donors (Lipinski definition) is 0. The number of aromatic nitrogens is 2. The summed E-state index contributed by atoms with van der Waals surface area (Å²) in [5.74, 6) is 0.346. The predicted octanol–water partition coefficient (Wildman–Crippen LogP) is 5.00. The van der Waals surface area contributed by atoms with Crippen LogP contribution < -0.4 is 0 Å². The van der Waals surface area contributed by atoms with Gasteiger partial charge in [0.15, 0.2) is 6.61 Å². The van der Waals surface area contributed by atoms with Crippen molar-refractivity contribution in [2.24, 2.45) is 0 Å². The number of esters is 1. The molecule has 0 fully saturated rings. The fourth-order valence-corrected chi connectivity index (χ4v) is 3.01. The predicted molar refractivity (Wildman–Crippen MR) is 110 cm³/mol. The lowest BCUT2D eigenvalue weighted by Gasteiger charge is -2.05. The van der Waals surface area contributed by atoms with E-state index in [1.807, 2.05) is 73.7 Å². The summed E-state index contributed by atoms with van der Waals surface area (Å²) in [4.78, 5) is 12.2. The lowest BCUT2D eigenvalue weighted by atomic mass is 10.0. The van der Waals surface area contributed by atoms with Gasteiger partial charge >= 0.3 is 5.97 Å². The molecule has 0 saturated heterocycles. The molecule has 0 bridgehead atoms. The van der Waals surface area contributed by atoms with Gasteiger partial charge in [-0.25, -0.2) is 0 Å². The van der Waals surface area contributed by atoms with Gasteiger partial charge in [0.1, 0.15) is 0 Å². The van der Waals surface area contributed by atoms with Crippen LogP contribution in [0.2, 0.25) is 0 Å². The number of ether oxygens (including phenoxy) is 1. The van der Waals surface area contributed by atoms with E-state index in [1.165, 1.54) is 0 Å². The molecule has 4 aromatic rings. The van der Waals surface area contributed by atoms with Crippen LogP contribution >= 0.6 is 0 Å². The van der Waals surface area contributed by atoms with E-state index in [4.69, 9.17) is 9.15 Å². The zero-order valence-electron chi connectivity index (χ0n) is 16.0. The molecule has 5 nitrogen and oxygen atoms in total. The van der Waals surface area contributed by atoms with Crippen molar-refractivity contribution in [3.05, 3.63) is 95.9 Å². The van der Waals surface area contributed by atoms with E-state index < -0.39 is 0 Å². The van der Waals surface area contributed by atoms with Crippen molar-refractivity contribution in [3.8, 4) is 22.6 Å². The average Bonchev–Trinajstić information content (AvgIpc) is 3.23. The number of carbonyl (C=O) groups excluding carboxylic acids is 1. The molecule has 0 aliphatic rings. The molecule has 0 saturated carbocycles. The molecule has 144 valence electrons. The maximum Gasteiger partial charge on any atom is 0.310 e. The van der Waals surface area contributed by atoms with Crippen molar-refractivity contribution in [1.29, 1.82) is 0 Å². The Bertz CT molecular complexity index is 1100. The van der Waals surface area contributed by atoms with Gasteiger partial charge in [0.05, 0.1) is 6.42 Å². The highest BCUT2D eigenvalue weighted by atomic mass is 16.5. The maximum atomic E-state index is 12.2. The van der Waals surface area contributed by atoms with Crippen LogP contribution in [0.4, 0.5) is 0 Å². The Hall–Kier alpha value is -3.73. The lowest BCUT2D eigenvalue weighted by Crippen LogP contribution is -2.08. The second-order valence-electron chi connectivity index (χ2n) is 6.77. The monoisotopic (exact) mass is 384 g/mol. The fraction of sp³-hybridized carbons (Fsp3) is 0.125. The molecule has 0 aliphatic carbocycles. The summed E-state index contributed by atoms with van der Waals surface area (Å²) in [5.41, 5.74) is 5.08. The second kappa shape index (κ2) is 8.52. The molecule has 0 atom stereocenters. The normalized spacial score (nSPS) is 10.7. The van der Waals surface area contributed by atoms with Crippen molar-refractivity contribution >= 4 is 5.97 Å². The smallest absolute Gasteiger partial charge is 0.310 e. The van der Waals surface area contributed by atoms with Crippen molar-refractivity contribution in [1.82, 2.24) is 10.2 Å². The molecular formula is C24H20N2O3. The van der Waals surface area contributed by atoms with E-state index in [0.29, 0.717) is 5.89 Å². The van der Waals surface area contributed by atoms with Gasteiger partial charge in [-0.2, -0.15) is 0 Å². The van der Waals surface area contributed by atoms with Crippen molar-refractivity contribution in [2.45, 2.75) is 20.0 Å². The SMILES string of the molecule is Cc1cccc(-c2nnc(COC(=O)Cc3ccc(-c4ccccc4)cc3)o2)c1. The zero-order chi connectivity index (χ0) is 20.1. The van der Waals surface area contributed by atoms with E-state index >= 15 is 0 Å². The Balaban J connectivity index is 1.32. The third-order valence-electron chi connectivity index (χ3n) is 4.50. The Kier molecular flexibility index (Phi) is 5.47. The van der Waals surface area contributed by atoms with Crippen LogP contribution in [0, 0.1) is 6.92 Å². The molecule has 4 rings (SSSR count). The molecule has 0 spiro atoms. The number of carbonyl (C=O) groups is 1. The Morgan fingerprint density at radius 1 is 0.862 bits per heavy atom. The van der Waals surface area contributed by atoms with Gasteiger partial charge < -0.3 is 9.15 Å². The Morgan fingerprint density at radius 3 is 2.34 bits per heavy atom. The quantitative estimate of drug-likeness (QED) is 0.438. The average molecular weight is 384 g/mol. The minimum Gasteiger partial charge on any atom is -0.455 e. The van der Waals surface area contributed by atoms with Gasteiger partial charge in [-0.3, -0.25) is 4.79 Å². The van der Waals surface area contributed by atoms with Gasteiger partial charge in [-0.15, -0.1) is 10.2 Å². The molecule has 0 N–H and O–H groups in total. The summed E-state index contributed by atoms with van der Waals surface area (Å²) in [6.45, 7) is 1.95. The summed E-state index contributed by atoms with van der Waals surface area (Å²) < 4.78 is 10.9. The molecule has 29 heavy (non-hydrogen) atoms. The molecule has 1 heterocycles. The summed E-state index contributed by atoms with van der Waals surface area (Å²) in [7, 11) is 0. The van der Waals surface area contributed by atoms with Gasteiger partial charge in [0.2, 0.25) is 5.89 Å². The zero-order valence-corrected chi connectivity index (χ0v) is 16.0. The third kappa shape index (κ3) is 4.76. The van der Waals surface area contributed by atoms with Crippen molar-refractivity contribution < 1.29 is 13.9 Å². The highest BCUT2D eigenvalue weighted by Crippen LogP contribution is 2.20. The number of rotatable bonds is 6. The molecule has 5 heteroatoms. The molecular weight excluding hydrogens is 364 g/mol. The molecule has 0 unspecified atom stereocenters. The minimum atomic E-state index is -0.340. The maximum absolute atomic E-state index is 12.2. The highest BCUT2D eigenvalue weighted by molar-refractivity contribution is 5.73. The van der Waals surface area contributed by atoms with E-state index in [2.05, 4.69) is 22.3 Å². The van der Waals surface area contributed by atoms with Crippen LogP contribution in [0.25, 0.3) is 22.6 Å². The first-order valence-electron chi connectivity index (χ1n) is 9.37. The second-order valence-corrected chi connectivity index (χ2v) is 6.77. The van der Waals surface area contributed by atoms with Crippen LogP contribution in [0.5, 0.6) is 0 Å². The van der Waals surface area contributed by atoms with Crippen LogP contribution in [-0.2, 0) is 22.6 Å². The van der Waals surface area contributed by atoms with Gasteiger partial charge in [-0.1, -0.05) is 72.3 Å². The molecule has 3 aromatic carbocycles. The minimum absolute atomic E-state index is 0.0419. The van der Waals surface area contributed by atoms with E-state index in [9.17, 15) is 4.79 Å². The van der Waals surface area contributed by atoms with Crippen molar-refractivity contribution in [2.75, 3.05) is 0 Å². The first-order chi connectivity index (χ1) is 14.2. The molecule has 1 aromatic heterocycles. The van der Waals surface area contributed by atoms with Crippen LogP contribution in [0.3, 0.4) is 0 Å². The van der Waals surface area contributed by atoms with Gasteiger partial charge in [0, 0.05) is 5.56 Å².